The predicted molar refractivity (Wildman–Crippen MR) is 116 cm³/mol. The second kappa shape index (κ2) is 9.19. The van der Waals surface area contributed by atoms with Gasteiger partial charge in [-0.25, -0.2) is 8.78 Å². The minimum atomic E-state index is -0.597. The molecule has 1 aliphatic carbocycles. The molecule has 10 heteroatoms. The standard InChI is InChI=1S/C23H20ClF2N3O4/c1-13-3-4-15(7-18(13)25)31-11-20(30)27-23(2)9-14(10-23)22-29-28-21(33-22)12-32-16-5-6-17(24)19(26)8-16/h3-9H,10-12H2,1-2H3,(H,27,30). The number of hydrogen-bond donors (Lipinski definition) is 1. The van der Waals surface area contributed by atoms with Crippen LogP contribution in [0.25, 0.3) is 5.57 Å². The summed E-state index contributed by atoms with van der Waals surface area (Å²) in [6, 6.07) is 8.53. The minimum absolute atomic E-state index is 0.00472. The lowest BCUT2D eigenvalue weighted by molar-refractivity contribution is -0.124. The van der Waals surface area contributed by atoms with E-state index in [1.54, 1.807) is 19.1 Å². The van der Waals surface area contributed by atoms with Crippen LogP contribution < -0.4 is 14.8 Å². The zero-order chi connectivity index (χ0) is 23.6. The molecule has 1 aromatic heterocycles. The Bertz CT molecular complexity index is 1230. The first-order valence-corrected chi connectivity index (χ1v) is 10.4. The summed E-state index contributed by atoms with van der Waals surface area (Å²) < 4.78 is 43.4. The average molecular weight is 476 g/mol. The van der Waals surface area contributed by atoms with Crippen molar-refractivity contribution in [2.45, 2.75) is 32.4 Å². The van der Waals surface area contributed by atoms with Crippen molar-refractivity contribution in [3.8, 4) is 11.5 Å². The number of carbonyl (C=O) groups excluding carboxylic acids is 1. The average Bonchev–Trinajstić information content (AvgIpc) is 3.22. The highest BCUT2D eigenvalue weighted by molar-refractivity contribution is 6.30. The molecule has 172 valence electrons. The van der Waals surface area contributed by atoms with E-state index >= 15 is 0 Å². The Labute approximate surface area is 193 Å². The number of benzene rings is 2. The number of nitrogens with zero attached hydrogens (tertiary/aromatic N) is 2. The summed E-state index contributed by atoms with van der Waals surface area (Å²) in [5.74, 6) is -0.223. The van der Waals surface area contributed by atoms with Gasteiger partial charge in [0.2, 0.25) is 5.89 Å². The third kappa shape index (κ3) is 5.48. The molecule has 4 rings (SSSR count). The number of hydrogen-bond acceptors (Lipinski definition) is 6. The Morgan fingerprint density at radius 3 is 2.58 bits per heavy atom. The van der Waals surface area contributed by atoms with E-state index in [1.807, 2.05) is 13.0 Å². The Morgan fingerprint density at radius 2 is 1.85 bits per heavy atom. The minimum Gasteiger partial charge on any atom is -0.484 e. The van der Waals surface area contributed by atoms with Gasteiger partial charge in [0.15, 0.2) is 13.2 Å². The monoisotopic (exact) mass is 475 g/mol. The molecule has 0 spiro atoms. The Balaban J connectivity index is 1.28. The molecule has 0 aliphatic heterocycles. The van der Waals surface area contributed by atoms with Crippen LogP contribution in [0.3, 0.4) is 0 Å². The van der Waals surface area contributed by atoms with Gasteiger partial charge in [0, 0.05) is 24.1 Å². The van der Waals surface area contributed by atoms with Gasteiger partial charge in [-0.15, -0.1) is 10.2 Å². The third-order valence-corrected chi connectivity index (χ3v) is 5.29. The highest BCUT2D eigenvalue weighted by Gasteiger charge is 2.36. The van der Waals surface area contributed by atoms with Gasteiger partial charge in [0.1, 0.15) is 23.1 Å². The summed E-state index contributed by atoms with van der Waals surface area (Å²) in [6.45, 7) is 3.21. The molecule has 1 heterocycles. The predicted octanol–water partition coefficient (Wildman–Crippen LogP) is 4.63. The topological polar surface area (TPSA) is 86.5 Å². The summed E-state index contributed by atoms with van der Waals surface area (Å²) in [5.41, 5.74) is 0.678. The summed E-state index contributed by atoms with van der Waals surface area (Å²) >= 11 is 5.64. The molecule has 1 N–H and O–H groups in total. The van der Waals surface area contributed by atoms with Gasteiger partial charge >= 0.3 is 0 Å². The summed E-state index contributed by atoms with van der Waals surface area (Å²) in [4.78, 5) is 12.2. The molecule has 3 aromatic rings. The van der Waals surface area contributed by atoms with Gasteiger partial charge in [-0.3, -0.25) is 4.79 Å². The van der Waals surface area contributed by atoms with E-state index < -0.39 is 17.2 Å². The van der Waals surface area contributed by atoms with Gasteiger partial charge < -0.3 is 19.2 Å². The van der Waals surface area contributed by atoms with Crippen LogP contribution in [0.2, 0.25) is 5.02 Å². The van der Waals surface area contributed by atoms with Crippen molar-refractivity contribution in [1.29, 1.82) is 0 Å². The van der Waals surface area contributed by atoms with E-state index in [9.17, 15) is 13.6 Å². The van der Waals surface area contributed by atoms with Crippen molar-refractivity contribution in [1.82, 2.24) is 15.5 Å². The molecule has 7 nitrogen and oxygen atoms in total. The second-order valence-corrected chi connectivity index (χ2v) is 8.28. The SMILES string of the molecule is Cc1ccc(OCC(=O)NC2(C)C=C(c3nnc(COc4ccc(Cl)c(F)c4)o3)C2)cc1F. The summed E-state index contributed by atoms with van der Waals surface area (Å²) in [7, 11) is 0. The lowest BCUT2D eigenvalue weighted by Crippen LogP contribution is -2.50. The first kappa shape index (κ1) is 22.7. The number of halogens is 3. The van der Waals surface area contributed by atoms with Gasteiger partial charge in [-0.2, -0.15) is 0 Å². The van der Waals surface area contributed by atoms with Crippen LogP contribution >= 0.6 is 11.6 Å². The normalized spacial score (nSPS) is 17.2. The van der Waals surface area contributed by atoms with Crippen molar-refractivity contribution >= 4 is 23.1 Å². The highest BCUT2D eigenvalue weighted by Crippen LogP contribution is 2.36. The molecule has 0 saturated heterocycles. The van der Waals surface area contributed by atoms with E-state index in [-0.39, 0.29) is 41.5 Å². The zero-order valence-corrected chi connectivity index (χ0v) is 18.6. The number of aryl methyl sites for hydroxylation is 1. The zero-order valence-electron chi connectivity index (χ0n) is 17.8. The molecule has 1 atom stereocenters. The molecule has 33 heavy (non-hydrogen) atoms. The van der Waals surface area contributed by atoms with Gasteiger partial charge in [-0.1, -0.05) is 23.7 Å². The number of amides is 1. The van der Waals surface area contributed by atoms with Crippen molar-refractivity contribution in [3.63, 3.8) is 0 Å². The lowest BCUT2D eigenvalue weighted by Gasteiger charge is -2.36. The fourth-order valence-electron chi connectivity index (χ4n) is 3.29. The van der Waals surface area contributed by atoms with Crippen molar-refractivity contribution in [3.05, 3.63) is 76.5 Å². The Hall–Kier alpha value is -3.46. The smallest absolute Gasteiger partial charge is 0.258 e. The number of carbonyl (C=O) groups is 1. The molecule has 2 aromatic carbocycles. The maximum atomic E-state index is 13.6. The van der Waals surface area contributed by atoms with Crippen LogP contribution in [-0.4, -0.2) is 28.3 Å². The number of aromatic nitrogens is 2. The Kier molecular flexibility index (Phi) is 6.33. The molecule has 0 bridgehead atoms. The van der Waals surface area contributed by atoms with Crippen LogP contribution in [0.1, 0.15) is 30.7 Å². The van der Waals surface area contributed by atoms with Crippen LogP contribution in [0.5, 0.6) is 11.5 Å². The van der Waals surface area contributed by atoms with Crippen LogP contribution in [0.15, 0.2) is 46.9 Å². The fraction of sp³-hybridized carbons (Fsp3) is 0.261. The molecular formula is C23H20ClF2N3O4. The maximum Gasteiger partial charge on any atom is 0.258 e. The quantitative estimate of drug-likeness (QED) is 0.511. The molecule has 1 aliphatic rings. The summed E-state index contributed by atoms with van der Waals surface area (Å²) in [6.07, 6.45) is 2.28. The first-order chi connectivity index (χ1) is 15.7. The first-order valence-electron chi connectivity index (χ1n) is 10.0. The maximum absolute atomic E-state index is 13.6. The van der Waals surface area contributed by atoms with E-state index in [1.165, 1.54) is 24.3 Å². The number of nitrogens with one attached hydrogen (secondary N) is 1. The largest absolute Gasteiger partial charge is 0.484 e. The molecule has 1 unspecified atom stereocenters. The van der Waals surface area contributed by atoms with Crippen LogP contribution in [0.4, 0.5) is 8.78 Å². The molecule has 0 fully saturated rings. The van der Waals surface area contributed by atoms with Crippen molar-refractivity contribution < 1.29 is 27.5 Å². The molecule has 1 amide bonds. The van der Waals surface area contributed by atoms with Crippen LogP contribution in [0, 0.1) is 18.6 Å². The number of ether oxygens (including phenoxy) is 2. The van der Waals surface area contributed by atoms with Gasteiger partial charge in [-0.05, 0) is 37.6 Å². The van der Waals surface area contributed by atoms with Crippen molar-refractivity contribution in [2.75, 3.05) is 6.61 Å². The molecule has 0 saturated carbocycles. The second-order valence-electron chi connectivity index (χ2n) is 7.88. The van der Waals surface area contributed by atoms with Crippen molar-refractivity contribution in [2.24, 2.45) is 0 Å². The van der Waals surface area contributed by atoms with E-state index in [2.05, 4.69) is 15.5 Å². The third-order valence-electron chi connectivity index (χ3n) is 4.98. The van der Waals surface area contributed by atoms with Gasteiger partial charge in [0.05, 0.1) is 10.6 Å². The number of rotatable bonds is 8. The summed E-state index contributed by atoms with van der Waals surface area (Å²) in [5, 5.41) is 10.8. The van der Waals surface area contributed by atoms with Crippen LogP contribution in [-0.2, 0) is 11.4 Å². The molecular weight excluding hydrogens is 456 g/mol. The van der Waals surface area contributed by atoms with E-state index in [0.29, 0.717) is 17.9 Å². The highest BCUT2D eigenvalue weighted by atomic mass is 35.5. The van der Waals surface area contributed by atoms with E-state index in [0.717, 1.165) is 5.57 Å². The van der Waals surface area contributed by atoms with Gasteiger partial charge in [0.25, 0.3) is 11.8 Å². The lowest BCUT2D eigenvalue weighted by atomic mass is 9.80. The Morgan fingerprint density at radius 1 is 1.15 bits per heavy atom. The fourth-order valence-corrected chi connectivity index (χ4v) is 3.41. The van der Waals surface area contributed by atoms with E-state index in [4.69, 9.17) is 25.5 Å². The molecule has 0 radical (unpaired) electrons.